The summed E-state index contributed by atoms with van der Waals surface area (Å²) in [5, 5.41) is 20.8. The second-order valence-corrected chi connectivity index (χ2v) is 4.19. The van der Waals surface area contributed by atoms with E-state index in [1.165, 1.54) is 18.3 Å². The van der Waals surface area contributed by atoms with E-state index in [9.17, 15) is 19.1 Å². The van der Waals surface area contributed by atoms with Crippen molar-refractivity contribution in [2.75, 3.05) is 0 Å². The highest BCUT2D eigenvalue weighted by Crippen LogP contribution is 2.17. The molecule has 0 saturated heterocycles. The third-order valence-corrected chi connectivity index (χ3v) is 2.70. The number of carbonyl (C=O) groups excluding carboxylic acids is 1. The second kappa shape index (κ2) is 6.00. The average Bonchev–Trinajstić information content (AvgIpc) is 2.45. The van der Waals surface area contributed by atoms with Gasteiger partial charge >= 0.3 is 5.97 Å². The van der Waals surface area contributed by atoms with Gasteiger partial charge in [0.05, 0.1) is 23.4 Å². The van der Waals surface area contributed by atoms with E-state index in [-0.39, 0.29) is 17.7 Å². The van der Waals surface area contributed by atoms with Crippen LogP contribution in [0.5, 0.6) is 5.75 Å². The molecule has 0 saturated carbocycles. The van der Waals surface area contributed by atoms with Gasteiger partial charge in [0.15, 0.2) is 0 Å². The maximum Gasteiger partial charge on any atom is 0.335 e. The molecule has 1 aromatic carbocycles. The third-order valence-electron chi connectivity index (χ3n) is 2.70. The molecule has 0 bridgehead atoms. The lowest BCUT2D eigenvalue weighted by Crippen LogP contribution is -2.23. The lowest BCUT2D eigenvalue weighted by molar-refractivity contribution is 0.0696. The van der Waals surface area contributed by atoms with Crippen LogP contribution in [0.1, 0.15) is 26.4 Å². The number of carboxylic acids is 1. The van der Waals surface area contributed by atoms with Crippen LogP contribution >= 0.6 is 0 Å². The van der Waals surface area contributed by atoms with Crippen LogP contribution in [0.3, 0.4) is 0 Å². The Morgan fingerprint density at radius 3 is 2.67 bits per heavy atom. The molecule has 1 aromatic heterocycles. The summed E-state index contributed by atoms with van der Waals surface area (Å²) in [5.41, 5.74) is 0.328. The largest absolute Gasteiger partial charge is 0.507 e. The SMILES string of the molecule is O=C(O)c1ccnc(CNC(=O)c2ccc(F)cc2O)c1. The van der Waals surface area contributed by atoms with Gasteiger partial charge in [0.2, 0.25) is 0 Å². The van der Waals surface area contributed by atoms with Gasteiger partial charge in [-0.3, -0.25) is 9.78 Å². The molecular formula is C14H11FN2O4. The average molecular weight is 290 g/mol. The van der Waals surface area contributed by atoms with Crippen LogP contribution in [0.4, 0.5) is 4.39 Å². The molecule has 0 unspecified atom stereocenters. The molecule has 1 amide bonds. The van der Waals surface area contributed by atoms with E-state index < -0.39 is 23.4 Å². The summed E-state index contributed by atoms with van der Waals surface area (Å²) in [6, 6.07) is 5.70. The number of hydrogen-bond acceptors (Lipinski definition) is 4. The Morgan fingerprint density at radius 2 is 2.00 bits per heavy atom. The minimum absolute atomic E-state index is 0.0171. The zero-order valence-corrected chi connectivity index (χ0v) is 10.7. The second-order valence-electron chi connectivity index (χ2n) is 4.19. The van der Waals surface area contributed by atoms with Gasteiger partial charge in [0.1, 0.15) is 11.6 Å². The van der Waals surface area contributed by atoms with Crippen molar-refractivity contribution in [3.05, 3.63) is 59.2 Å². The number of phenols is 1. The number of nitrogens with zero attached hydrogens (tertiary/aromatic N) is 1. The lowest BCUT2D eigenvalue weighted by atomic mass is 10.1. The highest BCUT2D eigenvalue weighted by molar-refractivity contribution is 5.96. The predicted molar refractivity (Wildman–Crippen MR) is 70.4 cm³/mol. The number of hydrogen-bond donors (Lipinski definition) is 3. The van der Waals surface area contributed by atoms with Crippen molar-refractivity contribution in [2.45, 2.75) is 6.54 Å². The van der Waals surface area contributed by atoms with Crippen LogP contribution in [0.2, 0.25) is 0 Å². The Morgan fingerprint density at radius 1 is 1.24 bits per heavy atom. The molecule has 0 aliphatic rings. The normalized spacial score (nSPS) is 10.1. The number of pyridine rings is 1. The summed E-state index contributed by atoms with van der Waals surface area (Å²) >= 11 is 0. The molecule has 7 heteroatoms. The summed E-state index contributed by atoms with van der Waals surface area (Å²) in [5.74, 6) is -2.84. The zero-order valence-electron chi connectivity index (χ0n) is 10.7. The summed E-state index contributed by atoms with van der Waals surface area (Å²) in [6.45, 7) is -0.0171. The molecule has 0 fully saturated rings. The number of benzene rings is 1. The lowest BCUT2D eigenvalue weighted by Gasteiger charge is -2.07. The Bertz CT molecular complexity index is 703. The van der Waals surface area contributed by atoms with Crippen molar-refractivity contribution in [2.24, 2.45) is 0 Å². The van der Waals surface area contributed by atoms with E-state index in [2.05, 4.69) is 10.3 Å². The molecule has 3 N–H and O–H groups in total. The van der Waals surface area contributed by atoms with Crippen LogP contribution in [0, 0.1) is 5.82 Å². The first-order chi connectivity index (χ1) is 9.97. The number of amides is 1. The van der Waals surface area contributed by atoms with Gasteiger partial charge in [-0.15, -0.1) is 0 Å². The van der Waals surface area contributed by atoms with Crippen LogP contribution in [-0.4, -0.2) is 27.1 Å². The van der Waals surface area contributed by atoms with Gasteiger partial charge in [-0.2, -0.15) is 0 Å². The summed E-state index contributed by atoms with van der Waals surface area (Å²) < 4.78 is 12.8. The fraction of sp³-hybridized carbons (Fsp3) is 0.0714. The molecule has 0 aliphatic carbocycles. The number of aromatic carboxylic acids is 1. The van der Waals surface area contributed by atoms with Gasteiger partial charge in [0, 0.05) is 12.3 Å². The molecule has 2 rings (SSSR count). The molecule has 1 heterocycles. The van der Waals surface area contributed by atoms with Crippen LogP contribution in [0.15, 0.2) is 36.5 Å². The first kappa shape index (κ1) is 14.4. The molecule has 21 heavy (non-hydrogen) atoms. The van der Waals surface area contributed by atoms with Gasteiger partial charge in [-0.25, -0.2) is 9.18 Å². The number of rotatable bonds is 4. The molecule has 108 valence electrons. The number of aromatic nitrogens is 1. The highest BCUT2D eigenvalue weighted by Gasteiger charge is 2.12. The van der Waals surface area contributed by atoms with E-state index in [1.54, 1.807) is 0 Å². The Hall–Kier alpha value is -2.96. The summed E-state index contributed by atoms with van der Waals surface area (Å²) in [6.07, 6.45) is 1.32. The maximum atomic E-state index is 12.8. The van der Waals surface area contributed by atoms with Crippen molar-refractivity contribution in [3.8, 4) is 5.75 Å². The highest BCUT2D eigenvalue weighted by atomic mass is 19.1. The number of halogens is 1. The Balaban J connectivity index is 2.07. The van der Waals surface area contributed by atoms with E-state index in [0.717, 1.165) is 18.2 Å². The van der Waals surface area contributed by atoms with Gasteiger partial charge < -0.3 is 15.5 Å². The van der Waals surface area contributed by atoms with Crippen LogP contribution in [0.25, 0.3) is 0 Å². The van der Waals surface area contributed by atoms with Crippen molar-refractivity contribution >= 4 is 11.9 Å². The Labute approximate surface area is 118 Å². The first-order valence-corrected chi connectivity index (χ1v) is 5.92. The van der Waals surface area contributed by atoms with E-state index in [4.69, 9.17) is 5.11 Å². The topological polar surface area (TPSA) is 99.5 Å². The Kier molecular flexibility index (Phi) is 4.13. The first-order valence-electron chi connectivity index (χ1n) is 5.92. The van der Waals surface area contributed by atoms with Crippen molar-refractivity contribution in [3.63, 3.8) is 0 Å². The minimum Gasteiger partial charge on any atom is -0.507 e. The van der Waals surface area contributed by atoms with Crippen LogP contribution in [-0.2, 0) is 6.54 Å². The molecular weight excluding hydrogens is 279 g/mol. The summed E-state index contributed by atoms with van der Waals surface area (Å²) in [4.78, 5) is 26.6. The number of nitrogens with one attached hydrogen (secondary N) is 1. The number of carbonyl (C=O) groups is 2. The van der Waals surface area contributed by atoms with E-state index >= 15 is 0 Å². The molecule has 0 radical (unpaired) electrons. The van der Waals surface area contributed by atoms with Gasteiger partial charge in [-0.1, -0.05) is 0 Å². The summed E-state index contributed by atoms with van der Waals surface area (Å²) in [7, 11) is 0. The van der Waals surface area contributed by atoms with E-state index in [1.807, 2.05) is 0 Å². The van der Waals surface area contributed by atoms with Crippen molar-refractivity contribution < 1.29 is 24.2 Å². The molecule has 2 aromatic rings. The van der Waals surface area contributed by atoms with Crippen LogP contribution < -0.4 is 5.32 Å². The molecule has 0 aliphatic heterocycles. The monoisotopic (exact) mass is 290 g/mol. The zero-order chi connectivity index (χ0) is 15.4. The molecule has 6 nitrogen and oxygen atoms in total. The smallest absolute Gasteiger partial charge is 0.335 e. The van der Waals surface area contributed by atoms with Gasteiger partial charge in [0.25, 0.3) is 5.91 Å². The standard InChI is InChI=1S/C14H11FN2O4/c15-9-1-2-11(12(18)6-9)13(19)17-7-10-5-8(14(20)21)3-4-16-10/h1-6,18H,7H2,(H,17,19)(H,20,21). The quantitative estimate of drug-likeness (QED) is 0.793. The molecule has 0 atom stereocenters. The van der Waals surface area contributed by atoms with Gasteiger partial charge in [-0.05, 0) is 24.3 Å². The fourth-order valence-corrected chi connectivity index (χ4v) is 1.67. The predicted octanol–water partition coefficient (Wildman–Crippen LogP) is 1.55. The van der Waals surface area contributed by atoms with Crippen molar-refractivity contribution in [1.82, 2.24) is 10.3 Å². The number of aromatic hydroxyl groups is 1. The minimum atomic E-state index is -1.10. The maximum absolute atomic E-state index is 12.8. The third kappa shape index (κ3) is 3.53. The number of carboxylic acid groups (broad SMARTS) is 1. The fourth-order valence-electron chi connectivity index (χ4n) is 1.67. The molecule has 0 spiro atoms. The number of phenolic OH excluding ortho intramolecular Hbond substituents is 1. The van der Waals surface area contributed by atoms with Crippen molar-refractivity contribution in [1.29, 1.82) is 0 Å². The van der Waals surface area contributed by atoms with E-state index in [0.29, 0.717) is 5.69 Å².